The Bertz CT molecular complexity index is 457. The second-order valence-electron chi connectivity index (χ2n) is 7.46. The first-order chi connectivity index (χ1) is 9.80. The molecule has 1 aromatic heterocycles. The monoisotopic (exact) mass is 294 g/mol. The minimum atomic E-state index is -0.219. The third kappa shape index (κ3) is 3.46. The average molecular weight is 294 g/mol. The molecule has 2 N–H and O–H groups in total. The van der Waals surface area contributed by atoms with Gasteiger partial charge in [0.1, 0.15) is 12.2 Å². The lowest BCUT2D eigenvalue weighted by Gasteiger charge is -2.45. The Hall–Kier alpha value is -0.940. The summed E-state index contributed by atoms with van der Waals surface area (Å²) >= 11 is 0. The minimum absolute atomic E-state index is 0.0414. The summed E-state index contributed by atoms with van der Waals surface area (Å²) in [7, 11) is 1.80. The van der Waals surface area contributed by atoms with Crippen molar-refractivity contribution in [1.29, 1.82) is 0 Å². The zero-order chi connectivity index (χ0) is 15.7. The zero-order valence-electron chi connectivity index (χ0n) is 14.1. The predicted molar refractivity (Wildman–Crippen MR) is 84.1 cm³/mol. The first kappa shape index (κ1) is 16.4. The molecular weight excluding hydrogens is 264 g/mol. The van der Waals surface area contributed by atoms with Crippen LogP contribution in [0.4, 0.5) is 0 Å². The van der Waals surface area contributed by atoms with Crippen molar-refractivity contribution in [2.24, 2.45) is 11.1 Å². The summed E-state index contributed by atoms with van der Waals surface area (Å²) < 4.78 is 7.85. The van der Waals surface area contributed by atoms with Gasteiger partial charge in [0.15, 0.2) is 0 Å². The Morgan fingerprint density at radius 1 is 1.29 bits per heavy atom. The van der Waals surface area contributed by atoms with Crippen molar-refractivity contribution in [2.75, 3.05) is 7.11 Å². The van der Waals surface area contributed by atoms with E-state index in [-0.39, 0.29) is 11.6 Å². The molecule has 1 heterocycles. The molecule has 0 spiro atoms. The molecule has 0 aliphatic heterocycles. The van der Waals surface area contributed by atoms with Crippen molar-refractivity contribution >= 4 is 0 Å². The van der Waals surface area contributed by atoms with Gasteiger partial charge in [-0.3, -0.25) is 0 Å². The van der Waals surface area contributed by atoms with E-state index >= 15 is 0 Å². The molecule has 0 bridgehead atoms. The number of hydrogen-bond acceptors (Lipinski definition) is 4. The summed E-state index contributed by atoms with van der Waals surface area (Å²) in [4.78, 5) is 4.38. The summed E-state index contributed by atoms with van der Waals surface area (Å²) in [6.07, 6.45) is 6.69. The smallest absolute Gasteiger partial charge is 0.138 e. The number of nitrogens with two attached hydrogens (primary N) is 1. The lowest BCUT2D eigenvalue weighted by molar-refractivity contribution is -0.0786. The molecule has 1 aromatic rings. The van der Waals surface area contributed by atoms with E-state index in [1.54, 1.807) is 13.4 Å². The van der Waals surface area contributed by atoms with Crippen LogP contribution in [-0.4, -0.2) is 33.5 Å². The van der Waals surface area contributed by atoms with Crippen LogP contribution in [0.1, 0.15) is 65.2 Å². The lowest BCUT2D eigenvalue weighted by Crippen LogP contribution is -2.54. The zero-order valence-corrected chi connectivity index (χ0v) is 14.1. The van der Waals surface area contributed by atoms with Gasteiger partial charge in [-0.2, -0.15) is 5.10 Å². The molecular formula is C16H30N4O. The molecule has 2 rings (SSSR count). The number of aromatic nitrogens is 3. The number of nitrogens with zero attached hydrogens (tertiary/aromatic N) is 3. The summed E-state index contributed by atoms with van der Waals surface area (Å²) in [6.45, 7) is 8.87. The molecule has 0 aromatic carbocycles. The molecule has 0 amide bonds. The van der Waals surface area contributed by atoms with Crippen molar-refractivity contribution in [3.8, 4) is 0 Å². The molecule has 120 valence electrons. The maximum Gasteiger partial charge on any atom is 0.138 e. The van der Waals surface area contributed by atoms with E-state index in [4.69, 9.17) is 10.5 Å². The molecule has 1 unspecified atom stereocenters. The van der Waals surface area contributed by atoms with Crippen LogP contribution in [0.2, 0.25) is 0 Å². The van der Waals surface area contributed by atoms with E-state index in [9.17, 15) is 0 Å². The van der Waals surface area contributed by atoms with E-state index in [1.807, 2.05) is 4.68 Å². The van der Waals surface area contributed by atoms with Gasteiger partial charge in [0, 0.05) is 25.6 Å². The van der Waals surface area contributed by atoms with Crippen molar-refractivity contribution in [1.82, 2.24) is 14.8 Å². The number of rotatable bonds is 5. The third-order valence-electron chi connectivity index (χ3n) is 5.07. The topological polar surface area (TPSA) is 66.0 Å². The summed E-state index contributed by atoms with van der Waals surface area (Å²) in [6, 6.07) is 0.263. The van der Waals surface area contributed by atoms with Crippen molar-refractivity contribution in [3.05, 3.63) is 12.2 Å². The highest BCUT2D eigenvalue weighted by atomic mass is 16.5. The molecule has 0 radical (unpaired) electrons. The van der Waals surface area contributed by atoms with E-state index in [2.05, 4.69) is 37.8 Å². The second-order valence-corrected chi connectivity index (χ2v) is 7.46. The predicted octanol–water partition coefficient (Wildman–Crippen LogP) is 2.71. The molecule has 1 saturated carbocycles. The highest BCUT2D eigenvalue weighted by molar-refractivity contribution is 5.02. The molecule has 1 fully saturated rings. The van der Waals surface area contributed by atoms with Crippen LogP contribution in [0.25, 0.3) is 0 Å². The fourth-order valence-corrected chi connectivity index (χ4v) is 3.31. The van der Waals surface area contributed by atoms with Gasteiger partial charge in [-0.05, 0) is 44.9 Å². The first-order valence-electron chi connectivity index (χ1n) is 7.99. The van der Waals surface area contributed by atoms with Gasteiger partial charge >= 0.3 is 0 Å². The van der Waals surface area contributed by atoms with Crippen LogP contribution in [0.15, 0.2) is 6.33 Å². The molecule has 0 saturated heterocycles. The molecule has 1 aliphatic carbocycles. The average Bonchev–Trinajstić information content (AvgIpc) is 2.87. The van der Waals surface area contributed by atoms with Crippen LogP contribution >= 0.6 is 0 Å². The second kappa shape index (κ2) is 6.05. The molecule has 1 aliphatic rings. The summed E-state index contributed by atoms with van der Waals surface area (Å²) in [5.41, 5.74) is 6.72. The Morgan fingerprint density at radius 3 is 2.43 bits per heavy atom. The quantitative estimate of drug-likeness (QED) is 0.906. The summed E-state index contributed by atoms with van der Waals surface area (Å²) in [5.74, 6) is 0.957. The van der Waals surface area contributed by atoms with Gasteiger partial charge in [0.2, 0.25) is 0 Å². The third-order valence-corrected chi connectivity index (χ3v) is 5.07. The highest BCUT2D eigenvalue weighted by Crippen LogP contribution is 2.43. The van der Waals surface area contributed by atoms with Gasteiger partial charge in [-0.25, -0.2) is 9.67 Å². The fourth-order valence-electron chi connectivity index (χ4n) is 3.31. The van der Waals surface area contributed by atoms with Gasteiger partial charge in [0.05, 0.1) is 5.60 Å². The first-order valence-corrected chi connectivity index (χ1v) is 7.99. The van der Waals surface area contributed by atoms with Crippen molar-refractivity contribution < 1.29 is 4.74 Å². The van der Waals surface area contributed by atoms with Gasteiger partial charge in [-0.1, -0.05) is 13.8 Å². The highest BCUT2D eigenvalue weighted by Gasteiger charge is 2.43. The fraction of sp³-hybridized carbons (Fsp3) is 0.875. The molecule has 1 atom stereocenters. The number of ether oxygens (including phenoxy) is 1. The van der Waals surface area contributed by atoms with Crippen LogP contribution in [0.3, 0.4) is 0 Å². The van der Waals surface area contributed by atoms with Crippen LogP contribution < -0.4 is 5.73 Å². The summed E-state index contributed by atoms with van der Waals surface area (Å²) in [5, 5.41) is 4.29. The normalized spacial score (nSPS) is 22.4. The van der Waals surface area contributed by atoms with Crippen LogP contribution in [0.5, 0.6) is 0 Å². The van der Waals surface area contributed by atoms with E-state index in [0.717, 1.165) is 31.5 Å². The Morgan fingerprint density at radius 2 is 1.90 bits per heavy atom. The maximum absolute atomic E-state index is 6.54. The van der Waals surface area contributed by atoms with Crippen molar-refractivity contribution in [3.63, 3.8) is 0 Å². The molecule has 5 nitrogen and oxygen atoms in total. The van der Waals surface area contributed by atoms with Gasteiger partial charge in [0.25, 0.3) is 0 Å². The minimum Gasteiger partial charge on any atom is -0.377 e. The van der Waals surface area contributed by atoms with Crippen LogP contribution in [-0.2, 0) is 11.2 Å². The standard InChI is InChI=1S/C16H30N4O/c1-12(2)20-14(18-11-19-20)10-13(17)16(21-5)8-6-15(3,4)7-9-16/h11-13H,6-10,17H2,1-5H3. The largest absolute Gasteiger partial charge is 0.377 e. The van der Waals surface area contributed by atoms with Crippen molar-refractivity contribution in [2.45, 2.75) is 77.5 Å². The lowest BCUT2D eigenvalue weighted by atomic mass is 9.68. The SMILES string of the molecule is COC1(C(N)Cc2ncnn2C(C)C)CCC(C)(C)CC1. The Balaban J connectivity index is 2.10. The maximum atomic E-state index is 6.54. The number of hydrogen-bond donors (Lipinski definition) is 1. The molecule has 21 heavy (non-hydrogen) atoms. The van der Waals surface area contributed by atoms with Crippen LogP contribution in [0, 0.1) is 5.41 Å². The Labute approximate surface area is 128 Å². The van der Waals surface area contributed by atoms with E-state index in [1.165, 1.54) is 0 Å². The molecule has 5 heteroatoms. The van der Waals surface area contributed by atoms with E-state index < -0.39 is 0 Å². The van der Waals surface area contributed by atoms with Gasteiger partial charge in [-0.15, -0.1) is 0 Å². The Kier molecular flexibility index (Phi) is 4.73. The number of methoxy groups -OCH3 is 1. The van der Waals surface area contributed by atoms with Gasteiger partial charge < -0.3 is 10.5 Å². The van der Waals surface area contributed by atoms with E-state index in [0.29, 0.717) is 17.9 Å².